The zero-order valence-electron chi connectivity index (χ0n) is 11.9. The van der Waals surface area contributed by atoms with Gasteiger partial charge in [0.2, 0.25) is 0 Å². The molecule has 0 radical (unpaired) electrons. The highest BCUT2D eigenvalue weighted by Gasteiger charge is 2.23. The smallest absolute Gasteiger partial charge is 0.282 e. The summed E-state index contributed by atoms with van der Waals surface area (Å²) in [6.07, 6.45) is 2.67. The van der Waals surface area contributed by atoms with Crippen molar-refractivity contribution in [1.29, 1.82) is 0 Å². The van der Waals surface area contributed by atoms with Gasteiger partial charge in [0, 0.05) is 60.7 Å². The minimum atomic E-state index is -2.60. The lowest BCUT2D eigenvalue weighted by atomic mass is 10.3. The third-order valence-electron chi connectivity index (χ3n) is 2.75. The molecule has 1 fully saturated rings. The van der Waals surface area contributed by atoms with Gasteiger partial charge in [-0.15, -0.1) is 0 Å². The lowest BCUT2D eigenvalue weighted by Crippen LogP contribution is -2.47. The summed E-state index contributed by atoms with van der Waals surface area (Å²) in [5.41, 5.74) is 0. The third kappa shape index (κ3) is 12.3. The maximum atomic E-state index is 11.2. The van der Waals surface area contributed by atoms with Crippen molar-refractivity contribution in [3.8, 4) is 0 Å². The van der Waals surface area contributed by atoms with Crippen LogP contribution in [0.5, 0.6) is 0 Å². The number of piperazine rings is 1. The number of carbonyl (C=O) groups is 2. The van der Waals surface area contributed by atoms with Crippen LogP contribution in [-0.2, 0) is 9.59 Å². The number of hydrogen-bond donors (Lipinski definition) is 3. The largest absolute Gasteiger partial charge is 0.321 e. The van der Waals surface area contributed by atoms with E-state index < -0.39 is 21.6 Å². The fourth-order valence-electron chi connectivity index (χ4n) is 1.83. The Morgan fingerprint density at radius 1 is 0.957 bits per heavy atom. The zero-order chi connectivity index (χ0) is 17.8. The molecule has 0 aromatic carbocycles. The Bertz CT molecular complexity index is 361. The van der Waals surface area contributed by atoms with Crippen molar-refractivity contribution in [2.24, 2.45) is 0 Å². The Labute approximate surface area is 138 Å². The Kier molecular flexibility index (Phi) is 12.1. The van der Waals surface area contributed by atoms with Gasteiger partial charge in [-0.2, -0.15) is 0 Å². The zero-order valence-corrected chi connectivity index (χ0v) is 13.4. The van der Waals surface area contributed by atoms with Crippen molar-refractivity contribution in [3.63, 3.8) is 0 Å². The van der Waals surface area contributed by atoms with Crippen molar-refractivity contribution in [2.75, 3.05) is 39.3 Å². The number of rotatable bonds is 3. The molecule has 134 valence electrons. The lowest BCUT2D eigenvalue weighted by molar-refractivity contribution is -1.63. The van der Waals surface area contributed by atoms with Gasteiger partial charge in [-0.1, -0.05) is 0 Å². The molecular formula is C10H17Cl2N3O8. The van der Waals surface area contributed by atoms with E-state index in [0.29, 0.717) is 6.54 Å². The highest BCUT2D eigenvalue weighted by Crippen LogP contribution is 2.03. The van der Waals surface area contributed by atoms with Crippen molar-refractivity contribution < 1.29 is 59.1 Å². The normalized spacial score (nSPS) is 18.0. The molecule has 0 saturated carbocycles. The van der Waals surface area contributed by atoms with Gasteiger partial charge >= 0.3 is 0 Å². The molecular weight excluding hydrogens is 361 g/mol. The minimum absolute atomic E-state index is 0.185. The predicted molar refractivity (Wildman–Crippen MR) is 59.6 cm³/mol. The number of halogens is 2. The van der Waals surface area contributed by atoms with E-state index in [-0.39, 0.29) is 11.8 Å². The molecule has 2 aliphatic heterocycles. The molecule has 0 spiro atoms. The molecule has 3 N–H and O–H groups in total. The van der Waals surface area contributed by atoms with E-state index >= 15 is 0 Å². The van der Waals surface area contributed by atoms with Gasteiger partial charge in [0.05, 0.1) is 0 Å². The number of nitrogens with one attached hydrogen (secondary N) is 1. The number of nitrogens with zero attached hydrogens (tertiary/aromatic N) is 2. The molecule has 1 saturated heterocycles. The third-order valence-corrected chi connectivity index (χ3v) is 2.75. The SMILES string of the molecule is O=C1C=CC(=O)N1CCN1CCNCC1.[O-][Cl+2]([O-])O.[O-][Cl+2]([O-])O. The molecule has 2 rings (SSSR count). The van der Waals surface area contributed by atoms with Crippen LogP contribution in [0.3, 0.4) is 0 Å². The molecule has 23 heavy (non-hydrogen) atoms. The first-order valence-corrected chi connectivity index (χ1v) is 8.10. The first-order chi connectivity index (χ1) is 10.7. The fraction of sp³-hybridized carbons (Fsp3) is 0.600. The van der Waals surface area contributed by atoms with E-state index in [9.17, 15) is 9.59 Å². The average molecular weight is 378 g/mol. The van der Waals surface area contributed by atoms with Gasteiger partial charge < -0.3 is 24.0 Å². The van der Waals surface area contributed by atoms with E-state index in [0.717, 1.165) is 32.7 Å². The number of imide groups is 1. The first kappa shape index (κ1) is 22.1. The first-order valence-electron chi connectivity index (χ1n) is 6.19. The fourth-order valence-corrected chi connectivity index (χ4v) is 1.83. The number of hydrogen-bond acceptors (Lipinski definition) is 10. The van der Waals surface area contributed by atoms with Gasteiger partial charge in [-0.05, 0) is 0 Å². The number of amides is 2. The monoisotopic (exact) mass is 377 g/mol. The Hall–Kier alpha value is -0.860. The van der Waals surface area contributed by atoms with Crippen molar-refractivity contribution in [1.82, 2.24) is 15.1 Å². The second-order valence-electron chi connectivity index (χ2n) is 4.16. The molecule has 2 aliphatic rings. The summed E-state index contributed by atoms with van der Waals surface area (Å²) < 4.78 is 47.9. The standard InChI is InChI=1S/C10H15N3O2.2ClHO3/c14-9-1-2-10(15)13(9)8-7-12-5-3-11-4-6-12;2*2-1(3)4/h1-2,11H,3-8H2;2*2H. The van der Waals surface area contributed by atoms with Crippen LogP contribution >= 0.6 is 0 Å². The van der Waals surface area contributed by atoms with E-state index in [1.165, 1.54) is 17.1 Å². The van der Waals surface area contributed by atoms with E-state index in [2.05, 4.69) is 10.2 Å². The van der Waals surface area contributed by atoms with Crippen LogP contribution in [-0.4, -0.2) is 70.2 Å². The van der Waals surface area contributed by atoms with Crippen LogP contribution < -0.4 is 24.0 Å². The molecule has 0 aromatic rings. The van der Waals surface area contributed by atoms with Crippen LogP contribution in [0.1, 0.15) is 0 Å². The second kappa shape index (κ2) is 12.5. The van der Waals surface area contributed by atoms with Gasteiger partial charge in [-0.25, -0.2) is 0 Å². The number of carbonyl (C=O) groups excluding carboxylic acids is 2. The molecule has 0 aromatic heterocycles. The molecule has 0 unspecified atom stereocenters. The summed E-state index contributed by atoms with van der Waals surface area (Å²) in [6, 6.07) is 0. The molecule has 0 atom stereocenters. The average Bonchev–Trinajstić information content (AvgIpc) is 2.76. The quantitative estimate of drug-likeness (QED) is 0.398. The van der Waals surface area contributed by atoms with E-state index in [1.807, 2.05) is 0 Å². The van der Waals surface area contributed by atoms with Crippen molar-refractivity contribution in [2.45, 2.75) is 0 Å². The molecule has 0 aliphatic carbocycles. The highest BCUT2D eigenvalue weighted by molar-refractivity contribution is 6.12. The Morgan fingerprint density at radius 2 is 1.35 bits per heavy atom. The maximum Gasteiger partial charge on any atom is 0.282 e. The van der Waals surface area contributed by atoms with E-state index in [1.54, 1.807) is 0 Å². The molecule has 11 nitrogen and oxygen atoms in total. The topological polar surface area (TPSA) is 185 Å². The summed E-state index contributed by atoms with van der Waals surface area (Å²) in [5, 5.41) is 3.26. The van der Waals surface area contributed by atoms with Gasteiger partial charge in [0.1, 0.15) is 0 Å². The summed E-state index contributed by atoms with van der Waals surface area (Å²) in [7, 11) is -5.20. The second-order valence-corrected chi connectivity index (χ2v) is 4.96. The Balaban J connectivity index is 0.000000509. The summed E-state index contributed by atoms with van der Waals surface area (Å²) in [4.78, 5) is 26.0. The molecule has 0 bridgehead atoms. The minimum Gasteiger partial charge on any atom is -0.321 e. The molecule has 2 heterocycles. The van der Waals surface area contributed by atoms with Crippen LogP contribution in [0.15, 0.2) is 12.2 Å². The van der Waals surface area contributed by atoms with Gasteiger partial charge in [0.25, 0.3) is 33.4 Å². The predicted octanol–water partition coefficient (Wildman–Crippen LogP) is -7.05. The van der Waals surface area contributed by atoms with Crippen LogP contribution in [0.2, 0.25) is 0 Å². The summed E-state index contributed by atoms with van der Waals surface area (Å²) in [6.45, 7) is 5.24. The lowest BCUT2D eigenvalue weighted by Gasteiger charge is -2.28. The van der Waals surface area contributed by atoms with Crippen LogP contribution in [0.4, 0.5) is 0 Å². The van der Waals surface area contributed by atoms with Gasteiger partial charge in [-0.3, -0.25) is 19.4 Å². The van der Waals surface area contributed by atoms with Crippen LogP contribution in [0, 0.1) is 21.6 Å². The maximum absolute atomic E-state index is 11.2. The van der Waals surface area contributed by atoms with Gasteiger partial charge in [0.15, 0.2) is 0 Å². The molecule has 13 heteroatoms. The Morgan fingerprint density at radius 3 is 1.74 bits per heavy atom. The van der Waals surface area contributed by atoms with E-state index in [4.69, 9.17) is 28.0 Å². The highest BCUT2D eigenvalue weighted by atomic mass is 35.6. The molecule has 2 amide bonds. The summed E-state index contributed by atoms with van der Waals surface area (Å²) >= 11 is 0. The summed E-state index contributed by atoms with van der Waals surface area (Å²) in [5.74, 6) is -0.370. The van der Waals surface area contributed by atoms with Crippen molar-refractivity contribution >= 4 is 11.8 Å². The van der Waals surface area contributed by atoms with Crippen LogP contribution in [0.25, 0.3) is 0 Å². The van der Waals surface area contributed by atoms with Crippen molar-refractivity contribution in [3.05, 3.63) is 12.2 Å².